The first-order valence-electron chi connectivity index (χ1n) is 6.29. The van der Waals surface area contributed by atoms with Gasteiger partial charge in [-0.05, 0) is 18.6 Å². The van der Waals surface area contributed by atoms with Crippen LogP contribution in [-0.2, 0) is 11.3 Å². The van der Waals surface area contributed by atoms with Crippen LogP contribution < -0.4 is 10.5 Å². The van der Waals surface area contributed by atoms with Crippen molar-refractivity contribution in [3.8, 4) is 5.75 Å². The molecule has 4 nitrogen and oxygen atoms in total. The first-order valence-corrected chi connectivity index (χ1v) is 6.29. The van der Waals surface area contributed by atoms with Gasteiger partial charge in [0.15, 0.2) is 11.5 Å². The monoisotopic (exact) mass is 247 g/mol. The first kappa shape index (κ1) is 11.6. The Labute approximate surface area is 106 Å². The van der Waals surface area contributed by atoms with Crippen molar-refractivity contribution in [2.75, 3.05) is 19.8 Å². The number of benzene rings is 1. The van der Waals surface area contributed by atoms with E-state index >= 15 is 0 Å². The number of furan rings is 1. The van der Waals surface area contributed by atoms with Crippen LogP contribution in [0, 0.1) is 5.92 Å². The fourth-order valence-electron chi connectivity index (χ4n) is 2.28. The number of rotatable bonds is 4. The number of fused-ring (bicyclic) bond motifs is 1. The predicted molar refractivity (Wildman–Crippen MR) is 68.5 cm³/mol. The number of hydrogen-bond donors (Lipinski definition) is 1. The minimum atomic E-state index is 0.352. The lowest BCUT2D eigenvalue weighted by molar-refractivity contribution is 0.166. The zero-order valence-electron chi connectivity index (χ0n) is 10.2. The van der Waals surface area contributed by atoms with Gasteiger partial charge >= 0.3 is 0 Å². The van der Waals surface area contributed by atoms with Crippen molar-refractivity contribution < 1.29 is 13.9 Å². The molecular formula is C14H17NO3. The van der Waals surface area contributed by atoms with Gasteiger partial charge in [0.05, 0.1) is 25.1 Å². The smallest absolute Gasteiger partial charge is 0.169 e. The quantitative estimate of drug-likeness (QED) is 0.900. The Morgan fingerprint density at radius 2 is 2.22 bits per heavy atom. The molecule has 0 saturated carbocycles. The normalized spacial score (nSPS) is 19.5. The lowest BCUT2D eigenvalue weighted by atomic mass is 10.1. The van der Waals surface area contributed by atoms with Gasteiger partial charge in [-0.1, -0.05) is 12.1 Å². The minimum Gasteiger partial charge on any atom is -0.489 e. The second-order valence-corrected chi connectivity index (χ2v) is 4.60. The van der Waals surface area contributed by atoms with Crippen molar-refractivity contribution in [1.29, 1.82) is 0 Å². The molecule has 18 heavy (non-hydrogen) atoms. The molecule has 0 spiro atoms. The van der Waals surface area contributed by atoms with Crippen LogP contribution in [-0.4, -0.2) is 19.8 Å². The van der Waals surface area contributed by atoms with Crippen LogP contribution in [0.5, 0.6) is 5.75 Å². The molecule has 3 rings (SSSR count). The summed E-state index contributed by atoms with van der Waals surface area (Å²) >= 11 is 0. The summed E-state index contributed by atoms with van der Waals surface area (Å²) in [6.45, 7) is 2.64. The molecule has 1 aromatic carbocycles. The summed E-state index contributed by atoms with van der Waals surface area (Å²) in [5, 5.41) is 0.997. The lowest BCUT2D eigenvalue weighted by Gasteiger charge is -2.10. The third kappa shape index (κ3) is 2.09. The van der Waals surface area contributed by atoms with Gasteiger partial charge in [-0.15, -0.1) is 0 Å². The minimum absolute atomic E-state index is 0.352. The molecule has 1 atom stereocenters. The summed E-state index contributed by atoms with van der Waals surface area (Å²) in [5.41, 5.74) is 6.53. The molecule has 0 bridgehead atoms. The molecular weight excluding hydrogens is 230 g/mol. The third-order valence-corrected chi connectivity index (χ3v) is 3.29. The van der Waals surface area contributed by atoms with E-state index in [0.29, 0.717) is 19.1 Å². The Balaban J connectivity index is 1.84. The molecule has 1 fully saturated rings. The maximum atomic E-state index is 5.91. The van der Waals surface area contributed by atoms with Gasteiger partial charge in [-0.3, -0.25) is 0 Å². The van der Waals surface area contributed by atoms with E-state index in [2.05, 4.69) is 0 Å². The molecule has 1 aromatic heterocycles. The molecule has 1 saturated heterocycles. The summed E-state index contributed by atoms with van der Waals surface area (Å²) in [7, 11) is 0. The highest BCUT2D eigenvalue weighted by molar-refractivity contribution is 5.85. The Kier molecular flexibility index (Phi) is 3.21. The Hall–Kier alpha value is -1.52. The van der Waals surface area contributed by atoms with E-state index in [1.54, 1.807) is 0 Å². The maximum absolute atomic E-state index is 5.91. The second kappa shape index (κ2) is 5.00. The van der Waals surface area contributed by atoms with Crippen LogP contribution in [0.1, 0.15) is 12.2 Å². The average molecular weight is 247 g/mol. The van der Waals surface area contributed by atoms with E-state index < -0.39 is 0 Å². The molecule has 2 N–H and O–H groups in total. The van der Waals surface area contributed by atoms with Gasteiger partial charge in [-0.25, -0.2) is 0 Å². The second-order valence-electron chi connectivity index (χ2n) is 4.60. The standard InChI is InChI=1S/C14H17NO3/c15-7-13-14(17-9-10-5-6-16-8-10)11-3-1-2-4-12(11)18-13/h1-4,10H,5-9,15H2. The van der Waals surface area contributed by atoms with Crippen LogP contribution in [0.25, 0.3) is 11.0 Å². The maximum Gasteiger partial charge on any atom is 0.169 e. The van der Waals surface area contributed by atoms with Gasteiger partial charge in [0.1, 0.15) is 5.58 Å². The van der Waals surface area contributed by atoms with E-state index in [4.69, 9.17) is 19.6 Å². The van der Waals surface area contributed by atoms with Crippen LogP contribution in [0.4, 0.5) is 0 Å². The topological polar surface area (TPSA) is 57.6 Å². The third-order valence-electron chi connectivity index (χ3n) is 3.29. The Morgan fingerprint density at radius 1 is 1.33 bits per heavy atom. The highest BCUT2D eigenvalue weighted by Crippen LogP contribution is 2.33. The molecule has 96 valence electrons. The van der Waals surface area contributed by atoms with Crippen LogP contribution in [0.2, 0.25) is 0 Å². The molecule has 1 aliphatic rings. The predicted octanol–water partition coefficient (Wildman–Crippen LogP) is 2.31. The van der Waals surface area contributed by atoms with Gasteiger partial charge in [0, 0.05) is 12.5 Å². The van der Waals surface area contributed by atoms with Crippen molar-refractivity contribution in [1.82, 2.24) is 0 Å². The van der Waals surface area contributed by atoms with Gasteiger partial charge < -0.3 is 19.6 Å². The molecule has 4 heteroatoms. The van der Waals surface area contributed by atoms with Gasteiger partial charge in [0.25, 0.3) is 0 Å². The molecule has 0 radical (unpaired) electrons. The zero-order chi connectivity index (χ0) is 12.4. The van der Waals surface area contributed by atoms with E-state index in [-0.39, 0.29) is 0 Å². The van der Waals surface area contributed by atoms with Crippen molar-refractivity contribution in [2.45, 2.75) is 13.0 Å². The molecule has 1 unspecified atom stereocenters. The first-order chi connectivity index (χ1) is 8.88. The fourth-order valence-corrected chi connectivity index (χ4v) is 2.28. The van der Waals surface area contributed by atoms with Crippen LogP contribution in [0.3, 0.4) is 0 Å². The lowest BCUT2D eigenvalue weighted by Crippen LogP contribution is -2.12. The summed E-state index contributed by atoms with van der Waals surface area (Å²) in [6.07, 6.45) is 1.06. The molecule has 2 heterocycles. The molecule has 2 aromatic rings. The summed E-state index contributed by atoms with van der Waals surface area (Å²) in [4.78, 5) is 0. The Morgan fingerprint density at radius 3 is 3.00 bits per heavy atom. The molecule has 1 aliphatic heterocycles. The molecule has 0 amide bonds. The summed E-state index contributed by atoms with van der Waals surface area (Å²) in [6, 6.07) is 7.85. The van der Waals surface area contributed by atoms with Gasteiger partial charge in [-0.2, -0.15) is 0 Å². The highest BCUT2D eigenvalue weighted by atomic mass is 16.5. The number of ether oxygens (including phenoxy) is 2. The fraction of sp³-hybridized carbons (Fsp3) is 0.429. The van der Waals surface area contributed by atoms with Crippen molar-refractivity contribution in [3.05, 3.63) is 30.0 Å². The van der Waals surface area contributed by atoms with E-state index in [1.165, 1.54) is 0 Å². The SMILES string of the molecule is NCc1oc2ccccc2c1OCC1CCOC1. The van der Waals surface area contributed by atoms with E-state index in [9.17, 15) is 0 Å². The zero-order valence-corrected chi connectivity index (χ0v) is 10.2. The van der Waals surface area contributed by atoms with Gasteiger partial charge in [0.2, 0.25) is 0 Å². The number of para-hydroxylation sites is 1. The van der Waals surface area contributed by atoms with E-state index in [0.717, 1.165) is 42.1 Å². The van der Waals surface area contributed by atoms with E-state index in [1.807, 2.05) is 24.3 Å². The number of nitrogens with two attached hydrogens (primary N) is 1. The van der Waals surface area contributed by atoms with Crippen molar-refractivity contribution in [3.63, 3.8) is 0 Å². The molecule has 0 aliphatic carbocycles. The summed E-state index contributed by atoms with van der Waals surface area (Å²) in [5.74, 6) is 1.99. The highest BCUT2D eigenvalue weighted by Gasteiger charge is 2.19. The summed E-state index contributed by atoms with van der Waals surface area (Å²) < 4.78 is 16.9. The van der Waals surface area contributed by atoms with Crippen molar-refractivity contribution in [2.24, 2.45) is 11.7 Å². The average Bonchev–Trinajstić information content (AvgIpc) is 3.03. The van der Waals surface area contributed by atoms with Crippen LogP contribution in [0.15, 0.2) is 28.7 Å². The largest absolute Gasteiger partial charge is 0.489 e. The Bertz CT molecular complexity index is 529. The number of hydrogen-bond acceptors (Lipinski definition) is 4. The van der Waals surface area contributed by atoms with Crippen LogP contribution >= 0.6 is 0 Å². The van der Waals surface area contributed by atoms with Crippen molar-refractivity contribution >= 4 is 11.0 Å².